The van der Waals surface area contributed by atoms with E-state index in [-0.39, 0.29) is 11.3 Å². The van der Waals surface area contributed by atoms with Gasteiger partial charge in [0.1, 0.15) is 0 Å². The van der Waals surface area contributed by atoms with E-state index in [1.165, 1.54) is 0 Å². The van der Waals surface area contributed by atoms with E-state index >= 15 is 0 Å². The first-order valence-electron chi connectivity index (χ1n) is 4.63. The first kappa shape index (κ1) is 11.5. The Bertz CT molecular complexity index is 161. The van der Waals surface area contributed by atoms with Gasteiger partial charge in [0, 0.05) is 5.41 Å². The lowest BCUT2D eigenvalue weighted by molar-refractivity contribution is -0.129. The van der Waals surface area contributed by atoms with E-state index in [1.54, 1.807) is 0 Å². The van der Waals surface area contributed by atoms with Gasteiger partial charge in [-0.1, -0.05) is 41.0 Å². The van der Waals surface area contributed by atoms with E-state index in [2.05, 4.69) is 20.8 Å². The molecule has 2 N–H and O–H groups in total. The third-order valence-corrected chi connectivity index (χ3v) is 2.81. The zero-order chi connectivity index (χ0) is 9.94. The number of primary amides is 1. The van der Waals surface area contributed by atoms with Gasteiger partial charge in [0.25, 0.3) is 0 Å². The lowest BCUT2D eigenvalue weighted by Crippen LogP contribution is -2.40. The van der Waals surface area contributed by atoms with Crippen molar-refractivity contribution in [3.63, 3.8) is 0 Å². The van der Waals surface area contributed by atoms with Crippen LogP contribution in [-0.2, 0) is 4.79 Å². The van der Waals surface area contributed by atoms with Crippen molar-refractivity contribution in [1.29, 1.82) is 0 Å². The first-order valence-corrected chi connectivity index (χ1v) is 4.63. The van der Waals surface area contributed by atoms with Gasteiger partial charge in [-0.3, -0.25) is 4.79 Å². The second-order valence-electron chi connectivity index (χ2n) is 4.34. The molecule has 0 aliphatic carbocycles. The summed E-state index contributed by atoms with van der Waals surface area (Å²) in [5.74, 6) is 0.704. The minimum atomic E-state index is -0.372. The monoisotopic (exact) mass is 171 g/mol. The average molecular weight is 171 g/mol. The topological polar surface area (TPSA) is 43.1 Å². The third-order valence-electron chi connectivity index (χ3n) is 2.81. The SMILES string of the molecule is CCC(C(C)C)C(C)(C)C(N)=O. The lowest BCUT2D eigenvalue weighted by atomic mass is 9.71. The van der Waals surface area contributed by atoms with Crippen molar-refractivity contribution < 1.29 is 4.79 Å². The van der Waals surface area contributed by atoms with Gasteiger partial charge in [0.2, 0.25) is 5.91 Å². The summed E-state index contributed by atoms with van der Waals surface area (Å²) in [6.45, 7) is 10.3. The van der Waals surface area contributed by atoms with Gasteiger partial charge in [-0.15, -0.1) is 0 Å². The normalized spacial score (nSPS) is 14.8. The van der Waals surface area contributed by atoms with E-state index in [0.29, 0.717) is 11.8 Å². The van der Waals surface area contributed by atoms with Crippen molar-refractivity contribution in [2.45, 2.75) is 41.0 Å². The van der Waals surface area contributed by atoms with E-state index in [4.69, 9.17) is 5.73 Å². The molecule has 0 aliphatic heterocycles. The molecule has 0 saturated heterocycles. The number of nitrogens with two attached hydrogens (primary N) is 1. The Morgan fingerprint density at radius 2 is 1.83 bits per heavy atom. The van der Waals surface area contributed by atoms with Crippen molar-refractivity contribution in [3.05, 3.63) is 0 Å². The molecule has 0 fully saturated rings. The van der Waals surface area contributed by atoms with Crippen LogP contribution in [0.4, 0.5) is 0 Å². The number of carbonyl (C=O) groups is 1. The highest BCUT2D eigenvalue weighted by atomic mass is 16.1. The molecule has 0 spiro atoms. The fourth-order valence-electron chi connectivity index (χ4n) is 2.00. The summed E-state index contributed by atoms with van der Waals surface area (Å²) in [6, 6.07) is 0. The second kappa shape index (κ2) is 3.92. The second-order valence-corrected chi connectivity index (χ2v) is 4.34. The van der Waals surface area contributed by atoms with Gasteiger partial charge in [-0.2, -0.15) is 0 Å². The predicted molar refractivity (Wildman–Crippen MR) is 51.6 cm³/mol. The summed E-state index contributed by atoms with van der Waals surface area (Å²) in [5, 5.41) is 0. The molecule has 72 valence electrons. The fourth-order valence-corrected chi connectivity index (χ4v) is 2.00. The van der Waals surface area contributed by atoms with Crippen molar-refractivity contribution in [2.24, 2.45) is 23.0 Å². The Morgan fingerprint density at radius 3 is 1.92 bits per heavy atom. The Labute approximate surface area is 75.5 Å². The molecular weight excluding hydrogens is 150 g/mol. The Kier molecular flexibility index (Phi) is 3.75. The largest absolute Gasteiger partial charge is 0.369 e. The van der Waals surface area contributed by atoms with Crippen LogP contribution in [0.25, 0.3) is 0 Å². The van der Waals surface area contributed by atoms with Gasteiger partial charge >= 0.3 is 0 Å². The van der Waals surface area contributed by atoms with Crippen LogP contribution >= 0.6 is 0 Å². The molecule has 1 unspecified atom stereocenters. The standard InChI is InChI=1S/C10H21NO/c1-6-8(7(2)3)10(4,5)9(11)12/h7-8H,6H2,1-5H3,(H2,11,12). The Morgan fingerprint density at radius 1 is 1.42 bits per heavy atom. The van der Waals surface area contributed by atoms with Crippen LogP contribution in [0, 0.1) is 17.3 Å². The molecule has 1 amide bonds. The molecule has 0 aromatic rings. The van der Waals surface area contributed by atoms with Crippen LogP contribution in [0.3, 0.4) is 0 Å². The third kappa shape index (κ3) is 2.23. The summed E-state index contributed by atoms with van der Waals surface area (Å²) in [6.07, 6.45) is 1.01. The van der Waals surface area contributed by atoms with Gasteiger partial charge in [0.15, 0.2) is 0 Å². The maximum atomic E-state index is 11.1. The summed E-state index contributed by atoms with van der Waals surface area (Å²) in [4.78, 5) is 11.1. The molecule has 12 heavy (non-hydrogen) atoms. The molecule has 2 heteroatoms. The first-order chi connectivity index (χ1) is 5.34. The van der Waals surface area contributed by atoms with Crippen molar-refractivity contribution in [1.82, 2.24) is 0 Å². The van der Waals surface area contributed by atoms with E-state index in [1.807, 2.05) is 13.8 Å². The quantitative estimate of drug-likeness (QED) is 0.692. The number of amides is 1. The zero-order valence-corrected chi connectivity index (χ0v) is 8.85. The van der Waals surface area contributed by atoms with Gasteiger partial charge in [-0.25, -0.2) is 0 Å². The molecule has 0 bridgehead atoms. The highest BCUT2D eigenvalue weighted by Crippen LogP contribution is 2.34. The smallest absolute Gasteiger partial charge is 0.223 e. The molecular formula is C10H21NO. The molecule has 0 aromatic carbocycles. The van der Waals surface area contributed by atoms with E-state index < -0.39 is 0 Å². The van der Waals surface area contributed by atoms with E-state index in [0.717, 1.165) is 6.42 Å². The van der Waals surface area contributed by atoms with E-state index in [9.17, 15) is 4.79 Å². The number of hydrogen-bond donors (Lipinski definition) is 1. The minimum Gasteiger partial charge on any atom is -0.369 e. The number of hydrogen-bond acceptors (Lipinski definition) is 1. The molecule has 0 heterocycles. The molecule has 0 aromatic heterocycles. The summed E-state index contributed by atoms with van der Waals surface area (Å²) >= 11 is 0. The Hall–Kier alpha value is -0.530. The highest BCUT2D eigenvalue weighted by molar-refractivity contribution is 5.80. The molecule has 0 radical (unpaired) electrons. The number of rotatable bonds is 4. The molecule has 0 aliphatic rings. The summed E-state index contributed by atoms with van der Waals surface area (Å²) in [7, 11) is 0. The van der Waals surface area contributed by atoms with Gasteiger partial charge in [-0.05, 0) is 11.8 Å². The molecule has 1 atom stereocenters. The fraction of sp³-hybridized carbons (Fsp3) is 0.900. The van der Waals surface area contributed by atoms with Crippen LogP contribution in [-0.4, -0.2) is 5.91 Å². The van der Waals surface area contributed by atoms with Crippen LogP contribution in [0.1, 0.15) is 41.0 Å². The van der Waals surface area contributed by atoms with Crippen LogP contribution in [0.2, 0.25) is 0 Å². The Balaban J connectivity index is 4.59. The predicted octanol–water partition coefficient (Wildman–Crippen LogP) is 2.18. The van der Waals surface area contributed by atoms with Crippen LogP contribution in [0.5, 0.6) is 0 Å². The average Bonchev–Trinajstić information content (AvgIpc) is 1.86. The lowest BCUT2D eigenvalue weighted by Gasteiger charge is -2.33. The number of carbonyl (C=O) groups excluding carboxylic acids is 1. The summed E-state index contributed by atoms with van der Waals surface area (Å²) < 4.78 is 0. The van der Waals surface area contributed by atoms with Crippen molar-refractivity contribution in [2.75, 3.05) is 0 Å². The molecule has 0 rings (SSSR count). The molecule has 2 nitrogen and oxygen atoms in total. The maximum absolute atomic E-state index is 11.1. The minimum absolute atomic E-state index is 0.192. The maximum Gasteiger partial charge on any atom is 0.223 e. The van der Waals surface area contributed by atoms with Gasteiger partial charge < -0.3 is 5.73 Å². The zero-order valence-electron chi connectivity index (χ0n) is 8.85. The van der Waals surface area contributed by atoms with Crippen molar-refractivity contribution >= 4 is 5.91 Å². The van der Waals surface area contributed by atoms with Gasteiger partial charge in [0.05, 0.1) is 0 Å². The van der Waals surface area contributed by atoms with Crippen molar-refractivity contribution in [3.8, 4) is 0 Å². The van der Waals surface area contributed by atoms with Crippen LogP contribution in [0.15, 0.2) is 0 Å². The summed E-state index contributed by atoms with van der Waals surface area (Å²) in [5.41, 5.74) is 4.97. The van der Waals surface area contributed by atoms with Crippen LogP contribution < -0.4 is 5.73 Å². The highest BCUT2D eigenvalue weighted by Gasteiger charge is 2.35. The molecule has 0 saturated carbocycles.